The zero-order valence-electron chi connectivity index (χ0n) is 22.2. The average molecular weight is 611 g/mol. The molecule has 0 radical (unpaired) electrons. The Balaban J connectivity index is 0.000000266. The van der Waals surface area contributed by atoms with Gasteiger partial charge >= 0.3 is 76.7 Å². The van der Waals surface area contributed by atoms with Crippen LogP contribution in [-0.4, -0.2) is 11.3 Å². The van der Waals surface area contributed by atoms with Gasteiger partial charge in [0.25, 0.3) is 0 Å². The summed E-state index contributed by atoms with van der Waals surface area (Å²) < 4.78 is 1.55. The minimum atomic E-state index is -1.07. The first-order valence-electron chi connectivity index (χ1n) is 12.2. The van der Waals surface area contributed by atoms with Gasteiger partial charge in [0, 0.05) is 0 Å². The molecule has 4 aromatic carbocycles. The van der Waals surface area contributed by atoms with E-state index < -0.39 is 8.07 Å². The standard InChI is InChI=1S/C13H9.C10H17Si.C9H10.2ClH.Zr/c1-3-7-12-10(5-1)9-11-6-2-4-8-13(11)12;1-8-6-9(2)10(7-8)11(3,4)5;1-2-6-9-7-4-3-5-8-9;;;/h1-9H;7-8H,1-5H3;3-5,7-8H,2H2,1H3;2*1H;/q2*-1;;;;+2/p-2. The molecular weight excluding hydrogens is 575 g/mol. The molecule has 0 bridgehead atoms. The van der Waals surface area contributed by atoms with Crippen LogP contribution in [0.15, 0.2) is 102 Å². The number of fused-ring (bicyclic) bond motifs is 3. The summed E-state index contributed by atoms with van der Waals surface area (Å²) in [7, 11) is -1.07. The van der Waals surface area contributed by atoms with Crippen LogP contribution in [0.2, 0.25) is 19.6 Å². The third-order valence-electron chi connectivity index (χ3n) is 6.07. The molecule has 0 aliphatic heterocycles. The minimum Gasteiger partial charge on any atom is -1.00 e. The van der Waals surface area contributed by atoms with Crippen molar-refractivity contribution in [3.63, 3.8) is 0 Å². The molecule has 0 amide bonds. The Kier molecular flexibility index (Phi) is 13.7. The fraction of sp³-hybridized carbons (Fsp3) is 0.250. The number of rotatable bonds is 3. The van der Waals surface area contributed by atoms with E-state index in [4.69, 9.17) is 0 Å². The molecule has 0 saturated carbocycles. The molecule has 4 aromatic rings. The molecule has 0 saturated heterocycles. The molecule has 0 nitrogen and oxygen atoms in total. The van der Waals surface area contributed by atoms with Gasteiger partial charge < -0.3 is 24.8 Å². The van der Waals surface area contributed by atoms with Crippen LogP contribution in [-0.2, 0) is 24.2 Å². The third-order valence-corrected chi connectivity index (χ3v) is 9.81. The minimum absolute atomic E-state index is 0. The molecule has 5 rings (SSSR count). The van der Waals surface area contributed by atoms with Gasteiger partial charge in [0.15, 0.2) is 0 Å². The fourth-order valence-corrected chi connectivity index (χ4v) is 6.75. The molecule has 1 unspecified atom stereocenters. The van der Waals surface area contributed by atoms with E-state index in [9.17, 15) is 0 Å². The van der Waals surface area contributed by atoms with Crippen LogP contribution >= 0.6 is 0 Å². The van der Waals surface area contributed by atoms with E-state index in [1.165, 1.54) is 63.3 Å². The third kappa shape index (κ3) is 8.84. The maximum atomic E-state index is 3.43. The van der Waals surface area contributed by atoms with E-state index in [0.717, 1.165) is 0 Å². The predicted octanol–water partition coefficient (Wildman–Crippen LogP) is 3.07. The molecule has 0 spiro atoms. The molecule has 1 aliphatic rings. The van der Waals surface area contributed by atoms with Gasteiger partial charge in [0.2, 0.25) is 0 Å². The zero-order chi connectivity index (χ0) is 24.7. The van der Waals surface area contributed by atoms with Gasteiger partial charge in [-0.2, -0.15) is 6.08 Å². The molecule has 0 aromatic heterocycles. The van der Waals surface area contributed by atoms with Crippen molar-refractivity contribution in [2.75, 3.05) is 0 Å². The summed E-state index contributed by atoms with van der Waals surface area (Å²) in [5.41, 5.74) is 2.81. The second-order valence-electron chi connectivity index (χ2n) is 9.91. The topological polar surface area (TPSA) is 0 Å². The second kappa shape index (κ2) is 15.1. The SMILES string of the molecule is CC1=[C-]C(C)C=C1[Si](C)(C)C.CC[C](=[Zr+2])c1ccccc1.[Cl-].[Cl-].c1ccc2c(c1)[cH-]c1ccccc12. The molecule has 1 aliphatic carbocycles. The van der Waals surface area contributed by atoms with Crippen molar-refractivity contribution in [2.45, 2.75) is 46.8 Å². The van der Waals surface area contributed by atoms with Crippen LogP contribution in [0.25, 0.3) is 21.5 Å². The van der Waals surface area contributed by atoms with Gasteiger partial charge in [0.05, 0.1) is 0 Å². The van der Waals surface area contributed by atoms with Crippen molar-refractivity contribution in [3.8, 4) is 0 Å². The fourth-order valence-electron chi connectivity index (χ4n) is 4.40. The van der Waals surface area contributed by atoms with Crippen molar-refractivity contribution < 1.29 is 49.0 Å². The van der Waals surface area contributed by atoms with E-state index >= 15 is 0 Å². The Bertz CT molecular complexity index is 1260. The molecule has 0 N–H and O–H groups in total. The second-order valence-corrected chi connectivity index (χ2v) is 16.4. The zero-order valence-corrected chi connectivity index (χ0v) is 27.2. The van der Waals surface area contributed by atoms with Crippen LogP contribution in [0.1, 0.15) is 32.8 Å². The van der Waals surface area contributed by atoms with Gasteiger partial charge in [-0.25, -0.2) is 10.8 Å². The molecule has 1 atom stereocenters. The Morgan fingerprint density at radius 3 is 1.69 bits per heavy atom. The quantitative estimate of drug-likeness (QED) is 0.247. The smallest absolute Gasteiger partial charge is 0.0771 e. The van der Waals surface area contributed by atoms with Crippen molar-refractivity contribution in [3.05, 3.63) is 113 Å². The maximum absolute atomic E-state index is 3.43. The van der Waals surface area contributed by atoms with Gasteiger partial charge in [-0.05, 0) is 8.07 Å². The number of benzene rings is 3. The summed E-state index contributed by atoms with van der Waals surface area (Å²) in [6.07, 6.45) is 6.99. The first kappa shape index (κ1) is 32.6. The van der Waals surface area contributed by atoms with Crippen LogP contribution in [0.5, 0.6) is 0 Å². The summed E-state index contributed by atoms with van der Waals surface area (Å²) in [5.74, 6) is 0.553. The van der Waals surface area contributed by atoms with E-state index in [-0.39, 0.29) is 24.8 Å². The molecule has 0 fully saturated rings. The van der Waals surface area contributed by atoms with E-state index in [2.05, 4.69) is 137 Å². The van der Waals surface area contributed by atoms with Crippen LogP contribution in [0, 0.1) is 12.0 Å². The van der Waals surface area contributed by atoms with E-state index in [1.54, 1.807) is 8.40 Å². The Morgan fingerprint density at radius 1 is 0.833 bits per heavy atom. The normalized spacial score (nSPS) is 14.3. The Morgan fingerprint density at radius 2 is 1.31 bits per heavy atom. The maximum Gasteiger partial charge on any atom is -0.0771 e. The van der Waals surface area contributed by atoms with Crippen molar-refractivity contribution >= 4 is 32.8 Å². The van der Waals surface area contributed by atoms with Crippen LogP contribution < -0.4 is 24.8 Å². The van der Waals surface area contributed by atoms with Gasteiger partial charge in [-0.3, -0.25) is 6.08 Å². The molecule has 188 valence electrons. The number of allylic oxidation sites excluding steroid dienone is 4. The van der Waals surface area contributed by atoms with Gasteiger partial charge in [-0.1, -0.05) is 75.8 Å². The number of hydrogen-bond acceptors (Lipinski definition) is 0. The molecule has 36 heavy (non-hydrogen) atoms. The molecular formula is C32H36Cl2SiZr-2. The molecule has 4 heteroatoms. The number of halogens is 2. The van der Waals surface area contributed by atoms with E-state index in [0.29, 0.717) is 5.92 Å². The van der Waals surface area contributed by atoms with Crippen LogP contribution in [0.4, 0.5) is 0 Å². The summed E-state index contributed by atoms with van der Waals surface area (Å²) in [4.78, 5) is 0. The van der Waals surface area contributed by atoms with Crippen molar-refractivity contribution in [1.82, 2.24) is 0 Å². The first-order valence-corrected chi connectivity index (χ1v) is 16.9. The van der Waals surface area contributed by atoms with Crippen molar-refractivity contribution in [1.29, 1.82) is 0 Å². The monoisotopic (exact) mass is 608 g/mol. The number of hydrogen-bond donors (Lipinski definition) is 0. The summed E-state index contributed by atoms with van der Waals surface area (Å²) in [6.45, 7) is 13.8. The summed E-state index contributed by atoms with van der Waals surface area (Å²) >= 11 is 1.54. The summed E-state index contributed by atoms with van der Waals surface area (Å²) in [5, 5.41) is 6.99. The van der Waals surface area contributed by atoms with Gasteiger partial charge in [-0.15, -0.1) is 39.7 Å². The van der Waals surface area contributed by atoms with Crippen LogP contribution in [0.3, 0.4) is 0 Å². The largest absolute Gasteiger partial charge is 1.00 e. The Labute approximate surface area is 246 Å². The predicted molar refractivity (Wildman–Crippen MR) is 151 cm³/mol. The Hall–Kier alpha value is -1.44. The van der Waals surface area contributed by atoms with E-state index in [1.807, 2.05) is 0 Å². The van der Waals surface area contributed by atoms with Gasteiger partial charge in [0.1, 0.15) is 0 Å². The average Bonchev–Trinajstić information content (AvgIpc) is 3.39. The molecule has 0 heterocycles. The van der Waals surface area contributed by atoms with Crippen molar-refractivity contribution in [2.24, 2.45) is 5.92 Å². The first-order chi connectivity index (χ1) is 16.2. The summed E-state index contributed by atoms with van der Waals surface area (Å²) in [6, 6.07) is 29.9.